The minimum Gasteiger partial charge on any atom is -0.383 e. The van der Waals surface area contributed by atoms with E-state index in [-0.39, 0.29) is 42.4 Å². The number of anilines is 1. The van der Waals surface area contributed by atoms with Gasteiger partial charge in [-0.15, -0.1) is 5.10 Å². The molecule has 1 aliphatic carbocycles. The van der Waals surface area contributed by atoms with Gasteiger partial charge in [0, 0.05) is 31.3 Å². The monoisotopic (exact) mass is 453 g/mol. The number of nitrogens with zero attached hydrogens (tertiary/aromatic N) is 5. The smallest absolute Gasteiger partial charge is 0.242 e. The Hall–Kier alpha value is -3.01. The standard InChI is InChI=1S/C23H31N7O3/c1-33-13-20-16-10-11-30(22(16)15-6-2-4-8-18(15)25-20)23(32)17-7-3-5-9-19(17)26-21(31)12-29-14-24-27-28-29/h2,4,6,8,14,16-17,19-20,22,25H,3,5,7,9-13H2,1H3,(H,26,31)/t16-,17+,19-,20+,22+/m1/s1. The van der Waals surface area contributed by atoms with Gasteiger partial charge < -0.3 is 20.3 Å². The van der Waals surface area contributed by atoms with E-state index in [4.69, 9.17) is 4.74 Å². The van der Waals surface area contributed by atoms with Gasteiger partial charge in [0.05, 0.1) is 24.6 Å². The molecule has 0 radical (unpaired) electrons. The lowest BCUT2D eigenvalue weighted by molar-refractivity contribution is -0.139. The summed E-state index contributed by atoms with van der Waals surface area (Å²) in [5.41, 5.74) is 2.26. The maximum absolute atomic E-state index is 13.9. The lowest BCUT2D eigenvalue weighted by Gasteiger charge is -2.41. The zero-order chi connectivity index (χ0) is 22.8. The van der Waals surface area contributed by atoms with E-state index in [0.29, 0.717) is 12.5 Å². The van der Waals surface area contributed by atoms with Gasteiger partial charge in [-0.05, 0) is 41.3 Å². The predicted octanol–water partition coefficient (Wildman–Crippen LogP) is 1.38. The van der Waals surface area contributed by atoms with E-state index < -0.39 is 0 Å². The number of benzene rings is 1. The number of rotatable bonds is 6. The van der Waals surface area contributed by atoms with E-state index >= 15 is 0 Å². The number of amides is 2. The van der Waals surface area contributed by atoms with Gasteiger partial charge in [0.2, 0.25) is 11.8 Å². The van der Waals surface area contributed by atoms with Crippen LogP contribution in [-0.4, -0.2) is 69.3 Å². The molecule has 0 unspecified atom stereocenters. The molecule has 2 amide bonds. The maximum Gasteiger partial charge on any atom is 0.242 e. The highest BCUT2D eigenvalue weighted by atomic mass is 16.5. The molecule has 176 valence electrons. The van der Waals surface area contributed by atoms with Crippen molar-refractivity contribution < 1.29 is 14.3 Å². The number of nitrogens with one attached hydrogen (secondary N) is 2. The fraction of sp³-hybridized carbons (Fsp3) is 0.609. The summed E-state index contributed by atoms with van der Waals surface area (Å²) in [6, 6.07) is 8.31. The zero-order valence-electron chi connectivity index (χ0n) is 18.9. The molecule has 2 aromatic rings. The van der Waals surface area contributed by atoms with Crippen LogP contribution in [0.15, 0.2) is 30.6 Å². The molecule has 2 aliphatic heterocycles. The SMILES string of the molecule is COC[C@@H]1Nc2ccccc2[C@H]2[C@@H]1CCN2C(=O)[C@H]1CCCC[C@H]1NC(=O)Cn1cnnn1. The number of aromatic nitrogens is 4. The Morgan fingerprint density at radius 2 is 2.06 bits per heavy atom. The third kappa shape index (κ3) is 4.31. The van der Waals surface area contributed by atoms with E-state index in [9.17, 15) is 9.59 Å². The summed E-state index contributed by atoms with van der Waals surface area (Å²) in [5, 5.41) is 17.6. The summed E-state index contributed by atoms with van der Waals surface area (Å²) in [4.78, 5) is 28.6. The molecule has 3 heterocycles. The Bertz CT molecular complexity index is 982. The molecule has 1 saturated carbocycles. The van der Waals surface area contributed by atoms with Crippen LogP contribution in [0.5, 0.6) is 0 Å². The highest BCUT2D eigenvalue weighted by molar-refractivity contribution is 5.83. The first-order chi connectivity index (χ1) is 16.2. The number of ether oxygens (including phenoxy) is 1. The van der Waals surface area contributed by atoms with E-state index in [0.717, 1.165) is 44.3 Å². The van der Waals surface area contributed by atoms with Crippen LogP contribution in [-0.2, 0) is 20.9 Å². The van der Waals surface area contributed by atoms with Crippen molar-refractivity contribution in [2.45, 2.75) is 56.8 Å². The number of methoxy groups -OCH3 is 1. The summed E-state index contributed by atoms with van der Waals surface area (Å²) in [7, 11) is 1.72. The van der Waals surface area contributed by atoms with Crippen molar-refractivity contribution in [1.29, 1.82) is 0 Å². The topological polar surface area (TPSA) is 114 Å². The minimum atomic E-state index is -0.210. The molecule has 0 spiro atoms. The Labute approximate surface area is 193 Å². The lowest BCUT2D eigenvalue weighted by atomic mass is 9.81. The third-order valence-corrected chi connectivity index (χ3v) is 7.34. The molecule has 5 atom stereocenters. The third-order valence-electron chi connectivity index (χ3n) is 7.34. The number of fused-ring (bicyclic) bond motifs is 3. The summed E-state index contributed by atoms with van der Waals surface area (Å²) < 4.78 is 6.88. The van der Waals surface area contributed by atoms with Gasteiger partial charge in [-0.3, -0.25) is 9.59 Å². The highest BCUT2D eigenvalue weighted by Crippen LogP contribution is 2.47. The molecule has 0 bridgehead atoms. The van der Waals surface area contributed by atoms with Crippen molar-refractivity contribution in [3.8, 4) is 0 Å². The zero-order valence-corrected chi connectivity index (χ0v) is 18.9. The Morgan fingerprint density at radius 3 is 2.88 bits per heavy atom. The van der Waals surface area contributed by atoms with Crippen molar-refractivity contribution in [3.63, 3.8) is 0 Å². The summed E-state index contributed by atoms with van der Waals surface area (Å²) >= 11 is 0. The Balaban J connectivity index is 1.35. The van der Waals surface area contributed by atoms with Crippen molar-refractivity contribution in [3.05, 3.63) is 36.2 Å². The fourth-order valence-corrected chi connectivity index (χ4v) is 5.89. The van der Waals surface area contributed by atoms with Crippen LogP contribution in [0.4, 0.5) is 5.69 Å². The van der Waals surface area contributed by atoms with Gasteiger partial charge in [0.15, 0.2) is 0 Å². The van der Waals surface area contributed by atoms with E-state index in [1.165, 1.54) is 16.6 Å². The first-order valence-electron chi connectivity index (χ1n) is 11.8. The van der Waals surface area contributed by atoms with Crippen LogP contribution in [0, 0.1) is 11.8 Å². The Morgan fingerprint density at radius 1 is 1.21 bits per heavy atom. The number of para-hydroxylation sites is 1. The molecule has 3 aliphatic rings. The average molecular weight is 454 g/mol. The largest absolute Gasteiger partial charge is 0.383 e. The van der Waals surface area contributed by atoms with E-state index in [2.05, 4.69) is 43.2 Å². The second-order valence-corrected chi connectivity index (χ2v) is 9.29. The van der Waals surface area contributed by atoms with Crippen LogP contribution >= 0.6 is 0 Å². The second-order valence-electron chi connectivity index (χ2n) is 9.29. The van der Waals surface area contributed by atoms with Crippen molar-refractivity contribution in [2.24, 2.45) is 11.8 Å². The lowest BCUT2D eigenvalue weighted by Crippen LogP contribution is -2.51. The summed E-state index contributed by atoms with van der Waals surface area (Å²) in [5.74, 6) is 0.0833. The number of carbonyl (C=O) groups is 2. The van der Waals surface area contributed by atoms with E-state index in [1.54, 1.807) is 7.11 Å². The summed E-state index contributed by atoms with van der Waals surface area (Å²) in [6.45, 7) is 1.39. The molecule has 5 rings (SSSR count). The molecule has 10 nitrogen and oxygen atoms in total. The molecule has 1 saturated heterocycles. The number of tetrazole rings is 1. The van der Waals surface area contributed by atoms with Crippen LogP contribution in [0.25, 0.3) is 0 Å². The van der Waals surface area contributed by atoms with E-state index in [1.807, 2.05) is 12.1 Å². The number of likely N-dealkylation sites (tertiary alicyclic amines) is 1. The van der Waals surface area contributed by atoms with Crippen molar-refractivity contribution >= 4 is 17.5 Å². The quantitative estimate of drug-likeness (QED) is 0.679. The van der Waals surface area contributed by atoms with Gasteiger partial charge in [-0.2, -0.15) is 0 Å². The van der Waals surface area contributed by atoms with Crippen molar-refractivity contribution in [2.75, 3.05) is 25.6 Å². The van der Waals surface area contributed by atoms with Gasteiger partial charge in [-0.1, -0.05) is 31.0 Å². The Kier molecular flexibility index (Phi) is 6.26. The normalized spacial score (nSPS) is 28.5. The molecule has 33 heavy (non-hydrogen) atoms. The molecule has 1 aromatic heterocycles. The number of hydrogen-bond acceptors (Lipinski definition) is 7. The molecular formula is C23H31N7O3. The van der Waals surface area contributed by atoms with Crippen LogP contribution < -0.4 is 10.6 Å². The van der Waals surface area contributed by atoms with Gasteiger partial charge >= 0.3 is 0 Å². The number of hydrogen-bond donors (Lipinski definition) is 2. The van der Waals surface area contributed by atoms with Gasteiger partial charge in [0.1, 0.15) is 12.9 Å². The van der Waals surface area contributed by atoms with Crippen LogP contribution in [0.3, 0.4) is 0 Å². The molecular weight excluding hydrogens is 422 g/mol. The van der Waals surface area contributed by atoms with Gasteiger partial charge in [0.25, 0.3) is 0 Å². The first-order valence-corrected chi connectivity index (χ1v) is 11.8. The second kappa shape index (κ2) is 9.46. The first kappa shape index (κ1) is 21.8. The highest BCUT2D eigenvalue weighted by Gasteiger charge is 2.48. The molecule has 10 heteroatoms. The summed E-state index contributed by atoms with van der Waals surface area (Å²) in [6.07, 6.45) is 5.97. The maximum atomic E-state index is 13.9. The van der Waals surface area contributed by atoms with Crippen LogP contribution in [0.2, 0.25) is 0 Å². The minimum absolute atomic E-state index is 0.0367. The molecule has 2 N–H and O–H groups in total. The average Bonchev–Trinajstić information content (AvgIpc) is 3.50. The van der Waals surface area contributed by atoms with Crippen LogP contribution in [0.1, 0.15) is 43.7 Å². The fourth-order valence-electron chi connectivity index (χ4n) is 5.89. The molecule has 1 aromatic carbocycles. The number of carbonyl (C=O) groups excluding carboxylic acids is 2. The molecule has 2 fully saturated rings. The van der Waals surface area contributed by atoms with Gasteiger partial charge in [-0.25, -0.2) is 4.68 Å². The van der Waals surface area contributed by atoms with Crippen molar-refractivity contribution in [1.82, 2.24) is 30.4 Å². The predicted molar refractivity (Wildman–Crippen MR) is 120 cm³/mol.